The summed E-state index contributed by atoms with van der Waals surface area (Å²) in [5.41, 5.74) is 0. The summed E-state index contributed by atoms with van der Waals surface area (Å²) in [4.78, 5) is 12.9. The van der Waals surface area contributed by atoms with Crippen molar-refractivity contribution in [1.82, 2.24) is 5.32 Å². The van der Waals surface area contributed by atoms with Crippen LogP contribution in [0.3, 0.4) is 0 Å². The highest BCUT2D eigenvalue weighted by Crippen LogP contribution is 2.22. The van der Waals surface area contributed by atoms with E-state index < -0.39 is 49.5 Å². The maximum atomic E-state index is 12.9. The van der Waals surface area contributed by atoms with Crippen molar-refractivity contribution in [2.75, 3.05) is 13.2 Å². The Morgan fingerprint density at radius 1 is 0.611 bits per heavy atom. The van der Waals surface area contributed by atoms with Crippen LogP contribution in [0.15, 0.2) is 24.3 Å². The Morgan fingerprint density at radius 2 is 1.04 bits per heavy atom. The topological polar surface area (TPSA) is 149 Å². The van der Waals surface area contributed by atoms with Gasteiger partial charge >= 0.3 is 0 Å². The number of unbranched alkanes of at least 4 members (excludes halogenated alkanes) is 25. The first-order chi connectivity index (χ1) is 26.3. The Labute approximate surface area is 330 Å². The Balaban J connectivity index is 2.30. The average molecular weight is 768 g/mol. The first-order valence-electron chi connectivity index (χ1n) is 22.6. The largest absolute Gasteiger partial charge is 0.394 e. The molecule has 0 aromatic rings. The van der Waals surface area contributed by atoms with Crippen LogP contribution in [0.5, 0.6) is 0 Å². The maximum Gasteiger partial charge on any atom is 0.220 e. The molecule has 54 heavy (non-hydrogen) atoms. The van der Waals surface area contributed by atoms with Crippen molar-refractivity contribution in [2.24, 2.45) is 0 Å². The molecule has 1 heterocycles. The van der Waals surface area contributed by atoms with E-state index in [1.54, 1.807) is 6.08 Å². The highest BCUT2D eigenvalue weighted by molar-refractivity contribution is 5.76. The zero-order chi connectivity index (χ0) is 39.5. The van der Waals surface area contributed by atoms with Gasteiger partial charge in [-0.2, -0.15) is 0 Å². The van der Waals surface area contributed by atoms with Crippen LogP contribution in [-0.4, -0.2) is 87.5 Å². The molecule has 0 radical (unpaired) electrons. The molecule has 0 spiro atoms. The first kappa shape index (κ1) is 50.7. The number of nitrogens with one attached hydrogen (secondary N) is 1. The standard InChI is InChI=1S/C45H85NO8/c1-3-5-7-9-11-13-15-16-17-18-19-20-21-22-23-24-25-27-29-31-33-35-41(49)46-38(37-53-45-44(52)43(51)42(50)40(36-47)54-45)39(48)34-32-30-28-26-14-12-10-8-6-4-2/h20-21,32,34,38-40,42-45,47-48,50-52H,3-19,22-31,33,35-37H2,1-2H3,(H,46,49)/b21-20-,34-32+. The van der Waals surface area contributed by atoms with Gasteiger partial charge in [0.25, 0.3) is 0 Å². The van der Waals surface area contributed by atoms with Crippen LogP contribution in [0.2, 0.25) is 0 Å². The van der Waals surface area contributed by atoms with E-state index in [4.69, 9.17) is 9.47 Å². The van der Waals surface area contributed by atoms with Crippen LogP contribution < -0.4 is 5.32 Å². The lowest BCUT2D eigenvalue weighted by atomic mass is 9.99. The minimum Gasteiger partial charge on any atom is -0.394 e. The second-order valence-corrected chi connectivity index (χ2v) is 15.8. The molecule has 0 bridgehead atoms. The molecule has 7 unspecified atom stereocenters. The number of hydrogen-bond donors (Lipinski definition) is 6. The van der Waals surface area contributed by atoms with Gasteiger partial charge in [-0.15, -0.1) is 0 Å². The number of aliphatic hydroxyl groups excluding tert-OH is 5. The Hall–Kier alpha value is -1.33. The molecule has 1 aliphatic rings. The number of rotatable bonds is 37. The van der Waals surface area contributed by atoms with Gasteiger partial charge in [0.2, 0.25) is 5.91 Å². The first-order valence-corrected chi connectivity index (χ1v) is 22.6. The molecular weight excluding hydrogens is 682 g/mol. The fourth-order valence-electron chi connectivity index (χ4n) is 7.09. The normalized spacial score (nSPS) is 21.6. The molecule has 1 amide bonds. The maximum absolute atomic E-state index is 12.9. The fraction of sp³-hybridized carbons (Fsp3) is 0.889. The van der Waals surface area contributed by atoms with E-state index in [1.165, 1.54) is 141 Å². The van der Waals surface area contributed by atoms with Gasteiger partial charge in [0.1, 0.15) is 24.4 Å². The number of hydrogen-bond acceptors (Lipinski definition) is 8. The Bertz CT molecular complexity index is 899. The van der Waals surface area contributed by atoms with Gasteiger partial charge < -0.3 is 40.3 Å². The van der Waals surface area contributed by atoms with Crippen LogP contribution in [0.4, 0.5) is 0 Å². The second-order valence-electron chi connectivity index (χ2n) is 15.8. The smallest absolute Gasteiger partial charge is 0.220 e. The molecule has 0 aliphatic carbocycles. The molecule has 1 fully saturated rings. The van der Waals surface area contributed by atoms with Crippen molar-refractivity contribution in [2.45, 2.75) is 243 Å². The van der Waals surface area contributed by atoms with E-state index in [9.17, 15) is 30.3 Å². The molecule has 7 atom stereocenters. The van der Waals surface area contributed by atoms with Crippen molar-refractivity contribution in [3.05, 3.63) is 24.3 Å². The van der Waals surface area contributed by atoms with Crippen molar-refractivity contribution in [3.8, 4) is 0 Å². The van der Waals surface area contributed by atoms with E-state index in [2.05, 4.69) is 31.3 Å². The minimum atomic E-state index is -1.56. The van der Waals surface area contributed by atoms with Crippen LogP contribution in [0.1, 0.15) is 200 Å². The SMILES string of the molecule is CCCCCCCCCC/C=C/C(O)C(COC1OC(CO)C(O)C(O)C1O)NC(=O)CCCCCCCCC/C=C\CCCCCCCCCCCC. The predicted molar refractivity (Wildman–Crippen MR) is 221 cm³/mol. The van der Waals surface area contributed by atoms with Gasteiger partial charge in [-0.3, -0.25) is 4.79 Å². The van der Waals surface area contributed by atoms with Crippen molar-refractivity contribution in [1.29, 1.82) is 0 Å². The summed E-state index contributed by atoms with van der Waals surface area (Å²) in [6.45, 7) is 3.75. The zero-order valence-electron chi connectivity index (χ0n) is 34.7. The molecule has 0 saturated carbocycles. The van der Waals surface area contributed by atoms with E-state index in [0.29, 0.717) is 6.42 Å². The zero-order valence-corrected chi connectivity index (χ0v) is 34.7. The van der Waals surface area contributed by atoms with Gasteiger partial charge in [0, 0.05) is 6.42 Å². The number of ether oxygens (including phenoxy) is 2. The summed E-state index contributed by atoms with van der Waals surface area (Å²) in [5, 5.41) is 54.0. The third kappa shape index (κ3) is 26.5. The van der Waals surface area contributed by atoms with E-state index in [-0.39, 0.29) is 12.5 Å². The number of aliphatic hydroxyl groups is 5. The minimum absolute atomic E-state index is 0.183. The molecule has 0 aromatic heterocycles. The molecule has 6 N–H and O–H groups in total. The Kier molecular flexibility index (Phi) is 33.8. The second kappa shape index (κ2) is 36.0. The third-order valence-corrected chi connectivity index (χ3v) is 10.8. The molecule has 9 nitrogen and oxygen atoms in total. The monoisotopic (exact) mass is 768 g/mol. The van der Waals surface area contributed by atoms with Crippen molar-refractivity contribution >= 4 is 5.91 Å². The number of carbonyl (C=O) groups excluding carboxylic acids is 1. The average Bonchev–Trinajstić information content (AvgIpc) is 3.17. The van der Waals surface area contributed by atoms with Crippen LogP contribution >= 0.6 is 0 Å². The van der Waals surface area contributed by atoms with E-state index in [0.717, 1.165) is 38.5 Å². The summed E-state index contributed by atoms with van der Waals surface area (Å²) < 4.78 is 11.2. The molecule has 0 aromatic carbocycles. The predicted octanol–water partition coefficient (Wildman–Crippen LogP) is 9.11. The molecule has 1 aliphatic heterocycles. The van der Waals surface area contributed by atoms with Gasteiger partial charge in [0.05, 0.1) is 25.4 Å². The van der Waals surface area contributed by atoms with E-state index in [1.807, 2.05) is 6.08 Å². The highest BCUT2D eigenvalue weighted by atomic mass is 16.7. The Morgan fingerprint density at radius 3 is 1.50 bits per heavy atom. The summed E-state index contributed by atoms with van der Waals surface area (Å²) in [6, 6.07) is -0.802. The third-order valence-electron chi connectivity index (χ3n) is 10.8. The van der Waals surface area contributed by atoms with Gasteiger partial charge in [0.15, 0.2) is 6.29 Å². The molecule has 1 saturated heterocycles. The van der Waals surface area contributed by atoms with Gasteiger partial charge in [-0.05, 0) is 44.9 Å². The fourth-order valence-corrected chi connectivity index (χ4v) is 7.09. The highest BCUT2D eigenvalue weighted by Gasteiger charge is 2.44. The summed E-state index contributed by atoms with van der Waals surface area (Å²) >= 11 is 0. The number of amides is 1. The number of allylic oxidation sites excluding steroid dienone is 3. The van der Waals surface area contributed by atoms with Gasteiger partial charge in [-0.1, -0.05) is 173 Å². The van der Waals surface area contributed by atoms with Crippen LogP contribution in [0, 0.1) is 0 Å². The molecular formula is C45H85NO8. The van der Waals surface area contributed by atoms with Crippen LogP contribution in [0.25, 0.3) is 0 Å². The lowest BCUT2D eigenvalue weighted by molar-refractivity contribution is -0.302. The van der Waals surface area contributed by atoms with Crippen molar-refractivity contribution in [3.63, 3.8) is 0 Å². The lowest BCUT2D eigenvalue weighted by Crippen LogP contribution is -2.60. The van der Waals surface area contributed by atoms with Crippen molar-refractivity contribution < 1.29 is 39.8 Å². The van der Waals surface area contributed by atoms with Crippen LogP contribution in [-0.2, 0) is 14.3 Å². The molecule has 9 heteroatoms. The molecule has 1 rings (SSSR count). The lowest BCUT2D eigenvalue weighted by Gasteiger charge is -2.40. The van der Waals surface area contributed by atoms with Gasteiger partial charge in [-0.25, -0.2) is 0 Å². The quantitative estimate of drug-likeness (QED) is 0.0271. The molecule has 318 valence electrons. The summed E-state index contributed by atoms with van der Waals surface area (Å²) in [5.74, 6) is -0.183. The van der Waals surface area contributed by atoms with E-state index >= 15 is 0 Å². The number of carbonyl (C=O) groups is 1. The summed E-state index contributed by atoms with van der Waals surface area (Å²) in [7, 11) is 0. The summed E-state index contributed by atoms with van der Waals surface area (Å²) in [6.07, 6.45) is 35.1.